The minimum atomic E-state index is -5.11. The molecule has 0 saturated carbocycles. The first-order valence-electron chi connectivity index (χ1n) is 11.6. The van der Waals surface area contributed by atoms with Crippen LogP contribution in [0.2, 0.25) is 0 Å². The normalized spacial score (nSPS) is 13.9. The van der Waals surface area contributed by atoms with Crippen molar-refractivity contribution >= 4 is 33.3 Å². The van der Waals surface area contributed by atoms with Crippen LogP contribution in [-0.4, -0.2) is 33.4 Å². The summed E-state index contributed by atoms with van der Waals surface area (Å²) < 4.78 is 110. The number of nitrogens with one attached hydrogen (secondary N) is 1. The van der Waals surface area contributed by atoms with Gasteiger partial charge < -0.3 is 10.1 Å². The number of ether oxygens (including phenoxy) is 1. The Morgan fingerprint density at radius 3 is 2.08 bits per heavy atom. The van der Waals surface area contributed by atoms with Crippen molar-refractivity contribution in [2.24, 2.45) is 0 Å². The van der Waals surface area contributed by atoms with Crippen LogP contribution in [0.25, 0.3) is 0 Å². The van der Waals surface area contributed by atoms with E-state index in [1.807, 2.05) is 17.4 Å². The summed E-state index contributed by atoms with van der Waals surface area (Å²) in [7, 11) is -3.95. The number of amides is 1. The zero-order valence-corrected chi connectivity index (χ0v) is 21.2. The predicted octanol–water partition coefficient (Wildman–Crippen LogP) is 5.66. The molecule has 0 unspecified atom stereocenters. The molecule has 0 aromatic heterocycles. The molecule has 0 bridgehead atoms. The van der Waals surface area contributed by atoms with Crippen LogP contribution in [0.15, 0.2) is 71.6 Å². The van der Waals surface area contributed by atoms with Crippen LogP contribution in [0.1, 0.15) is 33.5 Å². The van der Waals surface area contributed by atoms with Crippen LogP contribution in [0, 0.1) is 0 Å². The molecule has 4 rings (SSSR count). The maximum atomic E-state index is 13.2. The van der Waals surface area contributed by atoms with E-state index in [1.165, 1.54) is 16.4 Å². The fourth-order valence-electron chi connectivity index (χ4n) is 4.08. The summed E-state index contributed by atoms with van der Waals surface area (Å²) in [6, 6.07) is 12.3. The molecule has 0 atom stereocenters. The highest BCUT2D eigenvalue weighted by Crippen LogP contribution is 2.37. The number of rotatable bonds is 6. The van der Waals surface area contributed by atoms with Crippen molar-refractivity contribution in [2.75, 3.05) is 22.8 Å². The van der Waals surface area contributed by atoms with Gasteiger partial charge in [-0.3, -0.25) is 9.10 Å². The second kappa shape index (κ2) is 10.8. The molecule has 0 spiro atoms. The van der Waals surface area contributed by atoms with Crippen molar-refractivity contribution in [3.63, 3.8) is 0 Å². The van der Waals surface area contributed by atoms with Gasteiger partial charge in [-0.05, 0) is 66.9 Å². The number of hydrogen-bond donors (Lipinski definition) is 1. The molecule has 1 amide bonds. The van der Waals surface area contributed by atoms with E-state index >= 15 is 0 Å². The number of hydrogen-bond acceptors (Lipinski definition) is 5. The average Bonchev–Trinajstić information content (AvgIpc) is 2.90. The second-order valence-electron chi connectivity index (χ2n) is 8.75. The van der Waals surface area contributed by atoms with Crippen molar-refractivity contribution in [2.45, 2.75) is 30.1 Å². The maximum absolute atomic E-state index is 13.2. The first kappa shape index (κ1) is 28.9. The van der Waals surface area contributed by atoms with Gasteiger partial charge in [0.25, 0.3) is 15.9 Å². The van der Waals surface area contributed by atoms with E-state index in [1.54, 1.807) is 12.1 Å². The maximum Gasteiger partial charge on any atom is 0.416 e. The number of fused-ring (bicyclic) bond motifs is 1. The van der Waals surface area contributed by atoms with E-state index < -0.39 is 57.7 Å². The Kier molecular flexibility index (Phi) is 7.83. The number of sulfonamides is 1. The number of carbonyl (C=O) groups is 2. The van der Waals surface area contributed by atoms with Gasteiger partial charge in [-0.2, -0.15) is 26.3 Å². The van der Waals surface area contributed by atoms with Crippen LogP contribution in [0.3, 0.4) is 0 Å². The Labute approximate surface area is 224 Å². The molecule has 3 aromatic rings. The minimum absolute atomic E-state index is 0.0937. The third-order valence-electron chi connectivity index (χ3n) is 5.95. The summed E-state index contributed by atoms with van der Waals surface area (Å²) in [5.41, 5.74) is -2.74. The quantitative estimate of drug-likeness (QED) is 0.297. The Morgan fingerprint density at radius 1 is 0.875 bits per heavy atom. The molecule has 1 aliphatic heterocycles. The zero-order chi connectivity index (χ0) is 29.3. The number of alkyl halides is 6. The lowest BCUT2D eigenvalue weighted by molar-refractivity contribution is -0.143. The lowest BCUT2D eigenvalue weighted by atomic mass is 10.0. The summed E-state index contributed by atoms with van der Waals surface area (Å²) >= 11 is 0. The average molecular weight is 587 g/mol. The van der Waals surface area contributed by atoms with Crippen LogP contribution >= 0.6 is 0 Å². The van der Waals surface area contributed by atoms with Gasteiger partial charge in [-0.1, -0.05) is 18.2 Å². The summed E-state index contributed by atoms with van der Waals surface area (Å²) in [6.45, 7) is -0.754. The van der Waals surface area contributed by atoms with Crippen LogP contribution < -0.4 is 9.62 Å². The van der Waals surface area contributed by atoms with Crippen molar-refractivity contribution < 1.29 is 49.1 Å². The van der Waals surface area contributed by atoms with Gasteiger partial charge in [0.1, 0.15) is 0 Å². The van der Waals surface area contributed by atoms with Crippen molar-refractivity contribution in [3.05, 3.63) is 89.0 Å². The number of esters is 1. The predicted molar refractivity (Wildman–Crippen MR) is 131 cm³/mol. The number of halogens is 6. The number of aryl methyl sites for hydroxylation is 1. The number of anilines is 2. The molecule has 1 aliphatic rings. The molecule has 0 fully saturated rings. The molecule has 212 valence electrons. The van der Waals surface area contributed by atoms with Gasteiger partial charge in [-0.25, -0.2) is 13.2 Å². The van der Waals surface area contributed by atoms with E-state index in [0.717, 1.165) is 24.1 Å². The Bertz CT molecular complexity index is 1500. The minimum Gasteiger partial charge on any atom is -0.452 e. The monoisotopic (exact) mass is 586 g/mol. The summed E-state index contributed by atoms with van der Waals surface area (Å²) in [5, 5.41) is 1.85. The molecule has 3 aromatic carbocycles. The summed E-state index contributed by atoms with van der Waals surface area (Å²) in [6.07, 6.45) is -8.85. The Hall–Kier alpha value is -4.07. The molecule has 1 heterocycles. The summed E-state index contributed by atoms with van der Waals surface area (Å²) in [4.78, 5) is 24.3. The standard InChI is InChI=1S/C26H20F6N2O5S/c27-25(28,29)18-12-19(26(30,31)32)14-20(13-18)33-23(35)15-39-24(36)17-7-9-21(10-8-17)40(37,38)34-11-3-5-16-4-1-2-6-22(16)34/h1-2,4,6-10,12-14H,3,5,11,15H2,(H,33,35). The first-order chi connectivity index (χ1) is 18.7. The van der Waals surface area contributed by atoms with E-state index in [9.17, 15) is 44.3 Å². The second-order valence-corrected chi connectivity index (χ2v) is 10.6. The molecule has 14 heteroatoms. The molecule has 7 nitrogen and oxygen atoms in total. The lowest BCUT2D eigenvalue weighted by Gasteiger charge is -2.30. The number of para-hydroxylation sites is 1. The highest BCUT2D eigenvalue weighted by Gasteiger charge is 2.37. The fraction of sp³-hybridized carbons (Fsp3) is 0.231. The molecule has 40 heavy (non-hydrogen) atoms. The van der Waals surface area contributed by atoms with Crippen LogP contribution in [-0.2, 0) is 38.3 Å². The van der Waals surface area contributed by atoms with Crippen LogP contribution in [0.5, 0.6) is 0 Å². The van der Waals surface area contributed by atoms with Crippen LogP contribution in [0.4, 0.5) is 37.7 Å². The largest absolute Gasteiger partial charge is 0.452 e. The van der Waals surface area contributed by atoms with Gasteiger partial charge in [0.05, 0.1) is 27.3 Å². The van der Waals surface area contributed by atoms with Gasteiger partial charge >= 0.3 is 18.3 Å². The Morgan fingerprint density at radius 2 is 1.48 bits per heavy atom. The molecule has 0 radical (unpaired) electrons. The van der Waals surface area contributed by atoms with Gasteiger partial charge in [0.2, 0.25) is 0 Å². The first-order valence-corrected chi connectivity index (χ1v) is 13.1. The Balaban J connectivity index is 1.42. The molecule has 1 N–H and O–H groups in total. The lowest BCUT2D eigenvalue weighted by Crippen LogP contribution is -2.35. The number of carbonyl (C=O) groups excluding carboxylic acids is 2. The number of benzene rings is 3. The molecular weight excluding hydrogens is 566 g/mol. The highest BCUT2D eigenvalue weighted by atomic mass is 32.2. The summed E-state index contributed by atoms with van der Waals surface area (Å²) in [5.74, 6) is -2.26. The number of nitrogens with zero attached hydrogens (tertiary/aromatic N) is 1. The third kappa shape index (κ3) is 6.38. The highest BCUT2D eigenvalue weighted by molar-refractivity contribution is 7.92. The SMILES string of the molecule is O=C(COC(=O)c1ccc(S(=O)(=O)N2CCCc3ccccc32)cc1)Nc1cc(C(F)(F)F)cc(C(F)(F)F)c1. The van der Waals surface area contributed by atoms with E-state index in [-0.39, 0.29) is 23.1 Å². The van der Waals surface area contributed by atoms with Crippen molar-refractivity contribution in [1.82, 2.24) is 0 Å². The smallest absolute Gasteiger partial charge is 0.416 e. The van der Waals surface area contributed by atoms with E-state index in [4.69, 9.17) is 4.74 Å². The zero-order valence-electron chi connectivity index (χ0n) is 20.3. The third-order valence-corrected chi connectivity index (χ3v) is 7.78. The van der Waals surface area contributed by atoms with Crippen molar-refractivity contribution in [1.29, 1.82) is 0 Å². The van der Waals surface area contributed by atoms with Crippen molar-refractivity contribution in [3.8, 4) is 0 Å². The molecule has 0 saturated heterocycles. The van der Waals surface area contributed by atoms with Gasteiger partial charge in [0, 0.05) is 12.2 Å². The van der Waals surface area contributed by atoms with Gasteiger partial charge in [0.15, 0.2) is 6.61 Å². The topological polar surface area (TPSA) is 92.8 Å². The molecular formula is C26H20F6N2O5S. The van der Waals surface area contributed by atoms with Gasteiger partial charge in [-0.15, -0.1) is 0 Å². The van der Waals surface area contributed by atoms with E-state index in [0.29, 0.717) is 24.2 Å². The molecule has 0 aliphatic carbocycles. The fourth-order valence-corrected chi connectivity index (χ4v) is 5.62. The van der Waals surface area contributed by atoms with E-state index in [2.05, 4.69) is 0 Å².